The van der Waals surface area contributed by atoms with E-state index < -0.39 is 0 Å². The van der Waals surface area contributed by atoms with Gasteiger partial charge in [-0.05, 0) is 43.9 Å². The van der Waals surface area contributed by atoms with E-state index in [0.717, 1.165) is 24.1 Å². The Bertz CT molecular complexity index is 675. The van der Waals surface area contributed by atoms with Gasteiger partial charge in [0.1, 0.15) is 0 Å². The van der Waals surface area contributed by atoms with Crippen LogP contribution in [0.15, 0.2) is 16.9 Å². The number of nitrogens with zero attached hydrogens (tertiary/aromatic N) is 3. The minimum Gasteiger partial charge on any atom is -0.370 e. The molecule has 1 aliphatic rings. The third-order valence-corrected chi connectivity index (χ3v) is 4.18. The molecular weight excluding hydrogens is 238 g/mol. The monoisotopic (exact) mass is 259 g/mol. The van der Waals surface area contributed by atoms with E-state index >= 15 is 0 Å². The van der Waals surface area contributed by atoms with Gasteiger partial charge in [-0.1, -0.05) is 0 Å². The molecule has 0 N–H and O–H groups in total. The summed E-state index contributed by atoms with van der Waals surface area (Å²) in [5.41, 5.74) is 4.59. The van der Waals surface area contributed by atoms with E-state index in [-0.39, 0.29) is 5.69 Å². The first-order valence-electron chi connectivity index (χ1n) is 7.00. The van der Waals surface area contributed by atoms with Crippen LogP contribution >= 0.6 is 0 Å². The first-order chi connectivity index (χ1) is 9.09. The van der Waals surface area contributed by atoms with Gasteiger partial charge in [0.15, 0.2) is 0 Å². The summed E-state index contributed by atoms with van der Waals surface area (Å²) >= 11 is 0. The molecule has 3 rings (SSSR count). The second-order valence-corrected chi connectivity index (χ2v) is 5.60. The second kappa shape index (κ2) is 4.44. The predicted octanol–water partition coefficient (Wildman–Crippen LogP) is 2.18. The van der Waals surface area contributed by atoms with E-state index in [2.05, 4.69) is 24.0 Å². The molecule has 2 heterocycles. The molecule has 4 heteroatoms. The van der Waals surface area contributed by atoms with E-state index in [0.29, 0.717) is 0 Å². The molecule has 1 aromatic carbocycles. The molecule has 2 aromatic rings. The Morgan fingerprint density at radius 2 is 1.68 bits per heavy atom. The Hall–Kier alpha value is -1.71. The predicted molar refractivity (Wildman–Crippen MR) is 79.0 cm³/mol. The second-order valence-electron chi connectivity index (χ2n) is 5.60. The van der Waals surface area contributed by atoms with E-state index in [1.54, 1.807) is 9.13 Å². The molecule has 0 atom stereocenters. The average molecular weight is 259 g/mol. The van der Waals surface area contributed by atoms with Crippen molar-refractivity contribution in [2.24, 2.45) is 14.1 Å². The Morgan fingerprint density at radius 3 is 2.37 bits per heavy atom. The average Bonchev–Trinajstić information content (AvgIpc) is 2.64. The topological polar surface area (TPSA) is 30.2 Å². The van der Waals surface area contributed by atoms with E-state index in [1.165, 1.54) is 30.5 Å². The number of rotatable bonds is 1. The number of benzene rings is 1. The van der Waals surface area contributed by atoms with Crippen molar-refractivity contribution in [2.45, 2.75) is 26.2 Å². The number of fused-ring (bicyclic) bond motifs is 1. The van der Waals surface area contributed by atoms with Crippen LogP contribution in [0.4, 0.5) is 5.69 Å². The lowest BCUT2D eigenvalue weighted by Gasteiger charge is -2.29. The van der Waals surface area contributed by atoms with Crippen molar-refractivity contribution in [3.05, 3.63) is 28.2 Å². The molecule has 0 bridgehead atoms. The Kier molecular flexibility index (Phi) is 2.88. The standard InChI is InChI=1S/C15H21N3O/c1-11-9-12-14(17(3)15(19)16(12)2)13(10-11)18-7-5-4-6-8-18/h9-10H,4-8H2,1-3H3. The number of hydrogen-bond donors (Lipinski definition) is 0. The van der Waals surface area contributed by atoms with Gasteiger partial charge < -0.3 is 4.90 Å². The smallest absolute Gasteiger partial charge is 0.328 e. The van der Waals surface area contributed by atoms with Gasteiger partial charge in [-0.3, -0.25) is 9.13 Å². The van der Waals surface area contributed by atoms with E-state index in [9.17, 15) is 4.79 Å². The molecule has 0 unspecified atom stereocenters. The zero-order valence-electron chi connectivity index (χ0n) is 11.9. The molecule has 0 amide bonds. The summed E-state index contributed by atoms with van der Waals surface area (Å²) in [5.74, 6) is 0. The third kappa shape index (κ3) is 1.86. The van der Waals surface area contributed by atoms with Crippen molar-refractivity contribution >= 4 is 16.7 Å². The molecule has 0 aliphatic carbocycles. The van der Waals surface area contributed by atoms with Crippen LogP contribution < -0.4 is 10.6 Å². The maximum atomic E-state index is 12.1. The van der Waals surface area contributed by atoms with Crippen molar-refractivity contribution in [3.8, 4) is 0 Å². The Morgan fingerprint density at radius 1 is 1.00 bits per heavy atom. The summed E-state index contributed by atoms with van der Waals surface area (Å²) < 4.78 is 3.52. The molecule has 1 fully saturated rings. The van der Waals surface area contributed by atoms with Gasteiger partial charge in [-0.2, -0.15) is 0 Å². The number of imidazole rings is 1. The van der Waals surface area contributed by atoms with Crippen molar-refractivity contribution in [2.75, 3.05) is 18.0 Å². The lowest BCUT2D eigenvalue weighted by molar-refractivity contribution is 0.578. The highest BCUT2D eigenvalue weighted by atomic mass is 16.1. The van der Waals surface area contributed by atoms with Gasteiger partial charge in [0, 0.05) is 27.2 Å². The van der Waals surface area contributed by atoms with Crippen LogP contribution in [0.3, 0.4) is 0 Å². The quantitative estimate of drug-likeness (QED) is 0.785. The number of anilines is 1. The summed E-state index contributed by atoms with van der Waals surface area (Å²) in [4.78, 5) is 14.6. The minimum atomic E-state index is 0.0545. The van der Waals surface area contributed by atoms with Crippen LogP contribution in [0.5, 0.6) is 0 Å². The molecule has 0 saturated carbocycles. The van der Waals surface area contributed by atoms with E-state index in [1.807, 2.05) is 14.1 Å². The summed E-state index contributed by atoms with van der Waals surface area (Å²) in [6.45, 7) is 4.30. The van der Waals surface area contributed by atoms with Gasteiger partial charge >= 0.3 is 5.69 Å². The highest BCUT2D eigenvalue weighted by Crippen LogP contribution is 2.29. The summed E-state index contributed by atoms with van der Waals surface area (Å²) in [7, 11) is 3.72. The SMILES string of the molecule is Cc1cc(N2CCCCC2)c2c(c1)n(C)c(=O)n2C. The van der Waals surface area contributed by atoms with Crippen LogP contribution in [0, 0.1) is 6.92 Å². The lowest BCUT2D eigenvalue weighted by Crippen LogP contribution is -2.30. The minimum absolute atomic E-state index is 0.0545. The van der Waals surface area contributed by atoms with Crippen molar-refractivity contribution < 1.29 is 0 Å². The molecule has 1 aromatic heterocycles. The fraction of sp³-hybridized carbons (Fsp3) is 0.533. The number of aryl methyl sites for hydroxylation is 3. The van der Waals surface area contributed by atoms with Crippen molar-refractivity contribution in [3.63, 3.8) is 0 Å². The van der Waals surface area contributed by atoms with Crippen molar-refractivity contribution in [1.29, 1.82) is 0 Å². The zero-order valence-corrected chi connectivity index (χ0v) is 11.9. The summed E-state index contributed by atoms with van der Waals surface area (Å²) in [6, 6.07) is 4.32. The van der Waals surface area contributed by atoms with Crippen LogP contribution in [0.2, 0.25) is 0 Å². The first-order valence-corrected chi connectivity index (χ1v) is 7.00. The largest absolute Gasteiger partial charge is 0.370 e. The van der Waals surface area contributed by atoms with Gasteiger partial charge in [-0.25, -0.2) is 4.79 Å². The first kappa shape index (κ1) is 12.3. The van der Waals surface area contributed by atoms with Gasteiger partial charge in [0.2, 0.25) is 0 Å². The fourth-order valence-electron chi connectivity index (χ4n) is 3.14. The van der Waals surface area contributed by atoms with Gasteiger partial charge in [-0.15, -0.1) is 0 Å². The van der Waals surface area contributed by atoms with Crippen LogP contribution in [-0.4, -0.2) is 22.2 Å². The highest BCUT2D eigenvalue weighted by Gasteiger charge is 2.18. The normalized spacial score (nSPS) is 16.3. The number of aromatic nitrogens is 2. The third-order valence-electron chi connectivity index (χ3n) is 4.18. The lowest BCUT2D eigenvalue weighted by atomic mass is 10.1. The summed E-state index contributed by atoms with van der Waals surface area (Å²) in [6.07, 6.45) is 3.81. The molecular formula is C15H21N3O. The zero-order chi connectivity index (χ0) is 13.6. The maximum absolute atomic E-state index is 12.1. The molecule has 1 saturated heterocycles. The highest BCUT2D eigenvalue weighted by molar-refractivity contribution is 5.90. The van der Waals surface area contributed by atoms with Gasteiger partial charge in [0.25, 0.3) is 0 Å². The fourth-order valence-corrected chi connectivity index (χ4v) is 3.14. The van der Waals surface area contributed by atoms with Crippen LogP contribution in [0.1, 0.15) is 24.8 Å². The van der Waals surface area contributed by atoms with E-state index in [4.69, 9.17) is 0 Å². The molecule has 0 spiro atoms. The van der Waals surface area contributed by atoms with Gasteiger partial charge in [0.05, 0.1) is 16.7 Å². The van der Waals surface area contributed by atoms with Crippen molar-refractivity contribution in [1.82, 2.24) is 9.13 Å². The molecule has 102 valence electrons. The molecule has 4 nitrogen and oxygen atoms in total. The summed E-state index contributed by atoms with van der Waals surface area (Å²) in [5, 5.41) is 0. The maximum Gasteiger partial charge on any atom is 0.328 e. The van der Waals surface area contributed by atoms with Crippen LogP contribution in [-0.2, 0) is 14.1 Å². The van der Waals surface area contributed by atoms with Crippen LogP contribution in [0.25, 0.3) is 11.0 Å². The number of piperidine rings is 1. The Labute approximate surface area is 113 Å². The number of hydrogen-bond acceptors (Lipinski definition) is 2. The Balaban J connectivity index is 2.28. The molecule has 1 aliphatic heterocycles. The molecule has 19 heavy (non-hydrogen) atoms. The molecule has 0 radical (unpaired) electrons.